The van der Waals surface area contributed by atoms with Crippen LogP contribution in [0.3, 0.4) is 0 Å². The van der Waals surface area contributed by atoms with Gasteiger partial charge in [0.15, 0.2) is 0 Å². The van der Waals surface area contributed by atoms with E-state index in [-0.39, 0.29) is 0 Å². The Kier molecular flexibility index (Phi) is 40.6. The molecule has 0 aromatic rings. The van der Waals surface area contributed by atoms with Crippen molar-refractivity contribution >= 4 is 0 Å². The van der Waals surface area contributed by atoms with Gasteiger partial charge >= 0.3 is 176 Å². The molecule has 8 heteroatoms. The van der Waals surface area contributed by atoms with E-state index in [9.17, 15) is 0 Å². The zero-order valence-electron chi connectivity index (χ0n) is 13.9. The minimum atomic E-state index is 0.384. The van der Waals surface area contributed by atoms with Crippen molar-refractivity contribution in [2.24, 2.45) is 0 Å². The van der Waals surface area contributed by atoms with Crippen molar-refractivity contribution in [3.8, 4) is 0 Å². The Morgan fingerprint density at radius 1 is 0.400 bits per heavy atom. The summed E-state index contributed by atoms with van der Waals surface area (Å²) in [5.41, 5.74) is 0. The van der Waals surface area contributed by atoms with E-state index in [4.69, 9.17) is 13.3 Å². The molecule has 0 aliphatic heterocycles. The normalized spacial score (nSPS) is 9.20. The summed E-state index contributed by atoms with van der Waals surface area (Å²) in [4.78, 5) is 0. The van der Waals surface area contributed by atoms with Crippen molar-refractivity contribution in [2.45, 2.75) is 79.8 Å². The Morgan fingerprint density at radius 2 is 0.450 bits per heavy atom. The van der Waals surface area contributed by atoms with Gasteiger partial charge in [0.05, 0.1) is 0 Å². The van der Waals surface area contributed by atoms with Gasteiger partial charge in [-0.25, -0.2) is 0 Å². The molecule has 0 atom stereocenters. The van der Waals surface area contributed by atoms with E-state index >= 15 is 0 Å². The van der Waals surface area contributed by atoms with E-state index in [0.29, 0.717) is 24.4 Å². The molecule has 0 aromatic carbocycles. The molecule has 0 aromatic heterocycles. The van der Waals surface area contributed by atoms with Gasteiger partial charge in [-0.15, -0.1) is 0 Å². The zero-order valence-corrected chi connectivity index (χ0v) is 20.2. The van der Waals surface area contributed by atoms with Crippen molar-refractivity contribution in [2.75, 3.05) is 0 Å². The Balaban J connectivity index is -0.0000000853. The molecule has 0 bridgehead atoms. The van der Waals surface area contributed by atoms with E-state index < -0.39 is 0 Å². The van der Waals surface area contributed by atoms with E-state index in [1.54, 1.807) is 83.3 Å². The van der Waals surface area contributed by atoms with Crippen LogP contribution in [0.1, 0.15) is 55.4 Å². The molecule has 0 saturated heterocycles. The second kappa shape index (κ2) is 26.6. The summed E-state index contributed by atoms with van der Waals surface area (Å²) in [6.45, 7) is 16.0. The molecule has 0 rings (SSSR count). The Hall–Kier alpha value is 2.70. The molecule has 0 amide bonds. The second-order valence-corrected chi connectivity index (χ2v) is 6.14. The summed E-state index contributed by atoms with van der Waals surface area (Å²) in [6.07, 6.45) is 1.54. The van der Waals surface area contributed by atoms with E-state index in [1.807, 2.05) is 55.4 Å². The molecule has 0 spiro atoms. The van der Waals surface area contributed by atoms with Crippen LogP contribution < -0.4 is 0 Å². The molecule has 116 valence electrons. The van der Waals surface area contributed by atoms with Crippen LogP contribution in [0.15, 0.2) is 0 Å². The van der Waals surface area contributed by atoms with Crippen LogP contribution >= 0.6 is 0 Å². The molecular formula is C12H28O4Ti4. The third-order valence-electron chi connectivity index (χ3n) is 0.943. The molecule has 0 fully saturated rings. The molecule has 0 unspecified atom stereocenters. The third-order valence-corrected chi connectivity index (χ3v) is 3.89. The topological polar surface area (TPSA) is 36.9 Å². The minimum absolute atomic E-state index is 0.384. The van der Waals surface area contributed by atoms with E-state index in [1.165, 1.54) is 0 Å². The van der Waals surface area contributed by atoms with Crippen LogP contribution in [0.25, 0.3) is 0 Å². The zero-order chi connectivity index (χ0) is 17.1. The Labute approximate surface area is 174 Å². The molecule has 0 N–H and O–H groups in total. The first-order valence-corrected chi connectivity index (χ1v) is 8.93. The van der Waals surface area contributed by atoms with Crippen LogP contribution in [0.5, 0.6) is 0 Å². The van der Waals surface area contributed by atoms with Gasteiger partial charge in [0.1, 0.15) is 0 Å². The van der Waals surface area contributed by atoms with Gasteiger partial charge in [0.2, 0.25) is 0 Å². The predicted octanol–water partition coefficient (Wildman–Crippen LogP) is 3.49. The fourth-order valence-corrected chi connectivity index (χ4v) is 0. The second-order valence-electron chi connectivity index (χ2n) is 4.67. The summed E-state index contributed by atoms with van der Waals surface area (Å²) in [7, 11) is 0. The van der Waals surface area contributed by atoms with Crippen LogP contribution in [0.4, 0.5) is 0 Å². The van der Waals surface area contributed by atoms with Crippen LogP contribution in [-0.4, -0.2) is 24.4 Å². The summed E-state index contributed by atoms with van der Waals surface area (Å²) < 4.78 is 19.0. The monoisotopic (exact) mass is 428 g/mol. The maximum absolute atomic E-state index is 4.75. The molecular weight excluding hydrogens is 400 g/mol. The van der Waals surface area contributed by atoms with Crippen molar-refractivity contribution in [3.05, 3.63) is 0 Å². The molecule has 0 aliphatic carbocycles. The average Bonchev–Trinajstić information content (AvgIpc) is 2.40. The van der Waals surface area contributed by atoms with Gasteiger partial charge in [0.25, 0.3) is 0 Å². The van der Waals surface area contributed by atoms with Crippen LogP contribution in [-0.2, 0) is 96.6 Å². The van der Waals surface area contributed by atoms with Gasteiger partial charge in [-0.2, -0.15) is 0 Å². The summed E-state index contributed by atoms with van der Waals surface area (Å²) >= 11 is 6.80. The molecule has 0 radical (unpaired) electrons. The van der Waals surface area contributed by atoms with E-state index in [0.717, 1.165) is 0 Å². The van der Waals surface area contributed by atoms with E-state index in [2.05, 4.69) is 0 Å². The van der Waals surface area contributed by atoms with Crippen LogP contribution in [0, 0.1) is 0 Å². The first-order valence-electron chi connectivity index (χ1n) is 6.38. The third kappa shape index (κ3) is 70.2. The molecule has 20 heavy (non-hydrogen) atoms. The average molecular weight is 428 g/mol. The first kappa shape index (κ1) is 30.6. The van der Waals surface area contributed by atoms with Crippen molar-refractivity contribution in [3.63, 3.8) is 0 Å². The quantitative estimate of drug-likeness (QED) is 0.644. The summed E-state index contributed by atoms with van der Waals surface area (Å²) in [6, 6.07) is 0. The first-order chi connectivity index (χ1) is 9.08. The predicted molar refractivity (Wildman–Crippen MR) is 64.9 cm³/mol. The fraction of sp³-hybridized carbons (Fsp3) is 1.00. The summed E-state index contributed by atoms with van der Waals surface area (Å²) in [5.74, 6) is 0. The van der Waals surface area contributed by atoms with Gasteiger partial charge in [-0.1, -0.05) is 0 Å². The Morgan fingerprint density at radius 3 is 0.450 bits per heavy atom. The molecule has 0 aliphatic rings. The number of hydrogen-bond acceptors (Lipinski definition) is 4. The van der Waals surface area contributed by atoms with Crippen molar-refractivity contribution < 1.29 is 96.6 Å². The standard InChI is InChI=1S/4C3H7O.4Ti/c4*1-3(2)4;;;;/h4*3H,1-2H3;;;;/q4*-1;4*+1. The number of hydrogen-bond donors (Lipinski definition) is 0. The van der Waals surface area contributed by atoms with Crippen molar-refractivity contribution in [1.82, 2.24) is 0 Å². The van der Waals surface area contributed by atoms with Crippen LogP contribution in [0.2, 0.25) is 0 Å². The van der Waals surface area contributed by atoms with Gasteiger partial charge in [-0.3, -0.25) is 0 Å². The molecule has 0 saturated carbocycles. The van der Waals surface area contributed by atoms with Gasteiger partial charge in [-0.05, 0) is 0 Å². The molecule has 0 heterocycles. The Bertz CT molecular complexity index is 115. The van der Waals surface area contributed by atoms with Gasteiger partial charge in [0, 0.05) is 0 Å². The SMILES string of the molecule is CC(C)[O][Ti].CC(C)[O][Ti].CC(C)[O][Ti].CC(C)[O][Ti]. The summed E-state index contributed by atoms with van der Waals surface area (Å²) in [5, 5.41) is 0. The fourth-order valence-electron chi connectivity index (χ4n) is 0. The number of rotatable bonds is 4. The van der Waals surface area contributed by atoms with Crippen molar-refractivity contribution in [1.29, 1.82) is 0 Å². The maximum atomic E-state index is 4.75. The molecule has 4 nitrogen and oxygen atoms in total. The van der Waals surface area contributed by atoms with Gasteiger partial charge < -0.3 is 0 Å².